The lowest BCUT2D eigenvalue weighted by Gasteiger charge is -2.29. The molecular formula is C15H20F3NO2. The van der Waals surface area contributed by atoms with Crippen molar-refractivity contribution in [1.82, 2.24) is 0 Å². The van der Waals surface area contributed by atoms with E-state index >= 15 is 0 Å². The van der Waals surface area contributed by atoms with E-state index in [0.717, 1.165) is 25.7 Å². The second-order valence-corrected chi connectivity index (χ2v) is 5.25. The number of hydrogen-bond donors (Lipinski definition) is 1. The molecule has 1 fully saturated rings. The third-order valence-electron chi connectivity index (χ3n) is 3.65. The Morgan fingerprint density at radius 1 is 1.14 bits per heavy atom. The molecule has 118 valence electrons. The van der Waals surface area contributed by atoms with Gasteiger partial charge in [0.15, 0.2) is 6.61 Å². The molecule has 1 aromatic rings. The Hall–Kier alpha value is -1.43. The molecule has 21 heavy (non-hydrogen) atoms. The lowest BCUT2D eigenvalue weighted by atomic mass is 9.93. The first-order chi connectivity index (χ1) is 9.98. The highest BCUT2D eigenvalue weighted by molar-refractivity contribution is 5.56. The molecule has 0 bridgehead atoms. The van der Waals surface area contributed by atoms with E-state index in [2.05, 4.69) is 5.32 Å². The molecule has 6 heteroatoms. The fourth-order valence-corrected chi connectivity index (χ4v) is 2.53. The number of halogens is 3. The predicted octanol–water partition coefficient (Wildman–Crippen LogP) is 4.00. The highest BCUT2D eigenvalue weighted by atomic mass is 19.4. The first-order valence-electron chi connectivity index (χ1n) is 7.06. The predicted molar refractivity (Wildman–Crippen MR) is 74.7 cm³/mol. The van der Waals surface area contributed by atoms with Gasteiger partial charge in [0.25, 0.3) is 0 Å². The number of methoxy groups -OCH3 is 1. The van der Waals surface area contributed by atoms with Crippen LogP contribution in [0.15, 0.2) is 24.3 Å². The first kappa shape index (κ1) is 15.9. The van der Waals surface area contributed by atoms with E-state index in [-0.39, 0.29) is 11.8 Å². The number of rotatable bonds is 5. The molecule has 0 spiro atoms. The van der Waals surface area contributed by atoms with Crippen molar-refractivity contribution in [3.63, 3.8) is 0 Å². The third-order valence-corrected chi connectivity index (χ3v) is 3.65. The summed E-state index contributed by atoms with van der Waals surface area (Å²) >= 11 is 0. The van der Waals surface area contributed by atoms with Gasteiger partial charge in [0, 0.05) is 13.2 Å². The number of alkyl halides is 3. The van der Waals surface area contributed by atoms with E-state index in [0.29, 0.717) is 11.8 Å². The minimum atomic E-state index is -4.33. The molecule has 1 saturated carbocycles. The maximum Gasteiger partial charge on any atom is 0.422 e. The number of benzene rings is 1. The van der Waals surface area contributed by atoms with Gasteiger partial charge in [0.05, 0.1) is 11.8 Å². The summed E-state index contributed by atoms with van der Waals surface area (Å²) in [6.07, 6.45) is -0.249. The highest BCUT2D eigenvalue weighted by Gasteiger charge is 2.29. The van der Waals surface area contributed by atoms with Crippen LogP contribution in [0.1, 0.15) is 25.7 Å². The van der Waals surface area contributed by atoms with Crippen molar-refractivity contribution in [3.8, 4) is 5.75 Å². The molecule has 0 aliphatic heterocycles. The van der Waals surface area contributed by atoms with Gasteiger partial charge >= 0.3 is 6.18 Å². The minimum absolute atomic E-state index is 0.240. The van der Waals surface area contributed by atoms with E-state index < -0.39 is 12.8 Å². The van der Waals surface area contributed by atoms with Crippen molar-refractivity contribution in [2.75, 3.05) is 19.0 Å². The van der Waals surface area contributed by atoms with Crippen molar-refractivity contribution in [2.45, 2.75) is 44.0 Å². The summed E-state index contributed by atoms with van der Waals surface area (Å²) in [7, 11) is 1.71. The van der Waals surface area contributed by atoms with Gasteiger partial charge < -0.3 is 14.8 Å². The summed E-state index contributed by atoms with van der Waals surface area (Å²) in [6, 6.07) is 6.98. The Balaban J connectivity index is 1.94. The average molecular weight is 303 g/mol. The molecule has 0 heterocycles. The molecular weight excluding hydrogens is 283 g/mol. The number of ether oxygens (including phenoxy) is 2. The van der Waals surface area contributed by atoms with Gasteiger partial charge in [-0.2, -0.15) is 13.2 Å². The summed E-state index contributed by atoms with van der Waals surface area (Å²) in [4.78, 5) is 0. The van der Waals surface area contributed by atoms with Crippen LogP contribution in [0.25, 0.3) is 0 Å². The summed E-state index contributed by atoms with van der Waals surface area (Å²) in [6.45, 7) is -1.28. The Bertz CT molecular complexity index is 443. The Labute approximate surface area is 122 Å². The fourth-order valence-electron chi connectivity index (χ4n) is 2.53. The zero-order chi connectivity index (χ0) is 15.3. The minimum Gasteiger partial charge on any atom is -0.482 e. The van der Waals surface area contributed by atoms with E-state index in [9.17, 15) is 13.2 Å². The molecule has 2 rings (SSSR count). The summed E-state index contributed by atoms with van der Waals surface area (Å²) in [5.41, 5.74) is 0.614. The second kappa shape index (κ2) is 7.02. The van der Waals surface area contributed by atoms with Crippen LogP contribution >= 0.6 is 0 Å². The molecule has 3 nitrogen and oxygen atoms in total. The largest absolute Gasteiger partial charge is 0.482 e. The summed E-state index contributed by atoms with van der Waals surface area (Å²) in [5.74, 6) is 0.240. The van der Waals surface area contributed by atoms with Gasteiger partial charge in [-0.15, -0.1) is 0 Å². The molecule has 1 N–H and O–H groups in total. The number of anilines is 1. The summed E-state index contributed by atoms with van der Waals surface area (Å²) < 4.78 is 46.9. The van der Waals surface area contributed by atoms with Gasteiger partial charge in [-0.1, -0.05) is 12.1 Å². The standard InChI is InChI=1S/C15H20F3NO2/c1-20-12-8-6-11(7-9-12)19-13-4-2-3-5-14(13)21-10-15(16,17)18/h2-5,11-12,19H,6-10H2,1H3. The van der Waals surface area contributed by atoms with Gasteiger partial charge in [0.2, 0.25) is 0 Å². The lowest BCUT2D eigenvalue weighted by molar-refractivity contribution is -0.153. The zero-order valence-corrected chi connectivity index (χ0v) is 12.0. The fraction of sp³-hybridized carbons (Fsp3) is 0.600. The number of para-hydroxylation sites is 2. The highest BCUT2D eigenvalue weighted by Crippen LogP contribution is 2.30. The van der Waals surface area contributed by atoms with Crippen LogP contribution in [0.2, 0.25) is 0 Å². The van der Waals surface area contributed by atoms with Gasteiger partial charge in [-0.05, 0) is 37.8 Å². The molecule has 0 radical (unpaired) electrons. The average Bonchev–Trinajstić information content (AvgIpc) is 2.46. The Morgan fingerprint density at radius 2 is 1.81 bits per heavy atom. The van der Waals surface area contributed by atoms with Crippen LogP contribution < -0.4 is 10.1 Å². The van der Waals surface area contributed by atoms with Crippen LogP contribution in [0.3, 0.4) is 0 Å². The molecule has 1 aromatic carbocycles. The quantitative estimate of drug-likeness (QED) is 0.892. The number of hydrogen-bond acceptors (Lipinski definition) is 3. The van der Waals surface area contributed by atoms with Crippen molar-refractivity contribution in [2.24, 2.45) is 0 Å². The maximum absolute atomic E-state index is 12.3. The van der Waals surface area contributed by atoms with Crippen LogP contribution in [-0.2, 0) is 4.74 Å². The Kier molecular flexibility index (Phi) is 5.33. The smallest absolute Gasteiger partial charge is 0.422 e. The van der Waals surface area contributed by atoms with Crippen molar-refractivity contribution < 1.29 is 22.6 Å². The van der Waals surface area contributed by atoms with Gasteiger partial charge in [-0.25, -0.2) is 0 Å². The van der Waals surface area contributed by atoms with E-state index in [4.69, 9.17) is 9.47 Å². The molecule has 1 aliphatic rings. The van der Waals surface area contributed by atoms with Crippen molar-refractivity contribution in [1.29, 1.82) is 0 Å². The van der Waals surface area contributed by atoms with Crippen LogP contribution in [0.5, 0.6) is 5.75 Å². The third kappa shape index (κ3) is 5.12. The second-order valence-electron chi connectivity index (χ2n) is 5.25. The molecule has 0 saturated heterocycles. The van der Waals surface area contributed by atoms with Crippen LogP contribution in [-0.4, -0.2) is 32.0 Å². The van der Waals surface area contributed by atoms with E-state index in [1.807, 2.05) is 0 Å². The van der Waals surface area contributed by atoms with Crippen molar-refractivity contribution in [3.05, 3.63) is 24.3 Å². The molecule has 0 atom stereocenters. The molecule has 1 aliphatic carbocycles. The normalized spacial score (nSPS) is 22.9. The molecule has 0 aromatic heterocycles. The zero-order valence-electron chi connectivity index (χ0n) is 12.0. The number of nitrogens with one attached hydrogen (secondary N) is 1. The van der Waals surface area contributed by atoms with Gasteiger partial charge in [-0.3, -0.25) is 0 Å². The van der Waals surface area contributed by atoms with Gasteiger partial charge in [0.1, 0.15) is 5.75 Å². The van der Waals surface area contributed by atoms with Crippen LogP contribution in [0.4, 0.5) is 18.9 Å². The monoisotopic (exact) mass is 303 g/mol. The SMILES string of the molecule is COC1CCC(Nc2ccccc2OCC(F)(F)F)CC1. The maximum atomic E-state index is 12.3. The summed E-state index contributed by atoms with van der Waals surface area (Å²) in [5, 5.41) is 3.28. The van der Waals surface area contributed by atoms with Crippen molar-refractivity contribution >= 4 is 5.69 Å². The first-order valence-corrected chi connectivity index (χ1v) is 7.06. The molecule has 0 amide bonds. The lowest BCUT2D eigenvalue weighted by Crippen LogP contribution is -2.29. The van der Waals surface area contributed by atoms with E-state index in [1.165, 1.54) is 0 Å². The topological polar surface area (TPSA) is 30.5 Å². The Morgan fingerprint density at radius 3 is 2.43 bits per heavy atom. The molecule has 0 unspecified atom stereocenters. The van der Waals surface area contributed by atoms with Crippen LogP contribution in [0, 0.1) is 0 Å². The van der Waals surface area contributed by atoms with E-state index in [1.54, 1.807) is 31.4 Å².